The summed E-state index contributed by atoms with van der Waals surface area (Å²) in [5.74, 6) is 0.480. The number of aromatic nitrogens is 1. The molecule has 0 N–H and O–H groups in total. The Morgan fingerprint density at radius 3 is 2.59 bits per heavy atom. The van der Waals surface area contributed by atoms with Crippen molar-refractivity contribution < 1.29 is 0 Å². The van der Waals surface area contributed by atoms with Gasteiger partial charge in [-0.05, 0) is 23.6 Å². The minimum Gasteiger partial charge on any atom is -0.246 e. The minimum absolute atomic E-state index is 0.480. The first-order valence-corrected chi connectivity index (χ1v) is 7.08. The van der Waals surface area contributed by atoms with Gasteiger partial charge in [0.2, 0.25) is 0 Å². The molecule has 2 rings (SSSR count). The van der Waals surface area contributed by atoms with Crippen LogP contribution in [0.5, 0.6) is 0 Å². The van der Waals surface area contributed by atoms with Gasteiger partial charge in [-0.1, -0.05) is 43.1 Å². The molecule has 90 valence electrons. The second-order valence-corrected chi connectivity index (χ2v) is 6.00. The summed E-state index contributed by atoms with van der Waals surface area (Å²) in [6.07, 6.45) is 0.814. The Labute approximate surface area is 115 Å². The fraction of sp³-hybridized carbons (Fsp3) is 0.308. The van der Waals surface area contributed by atoms with Crippen LogP contribution in [-0.2, 0) is 6.42 Å². The first-order valence-electron chi connectivity index (χ1n) is 5.44. The molecule has 0 bridgehead atoms. The van der Waals surface area contributed by atoms with Gasteiger partial charge in [0.1, 0.15) is 0 Å². The highest BCUT2D eigenvalue weighted by Gasteiger charge is 2.07. The van der Waals surface area contributed by atoms with E-state index in [0.29, 0.717) is 16.0 Å². The van der Waals surface area contributed by atoms with Crippen LogP contribution in [0.25, 0.3) is 0 Å². The molecule has 1 aromatic carbocycles. The Bertz CT molecular complexity index is 520. The summed E-state index contributed by atoms with van der Waals surface area (Å²) in [7, 11) is 0. The lowest BCUT2D eigenvalue weighted by Gasteiger charge is -2.01. The maximum absolute atomic E-state index is 5.99. The number of hydrogen-bond acceptors (Lipinski definition) is 2. The smallest absolute Gasteiger partial charge is 0.0972 e. The molecule has 0 radical (unpaired) electrons. The highest BCUT2D eigenvalue weighted by Crippen LogP contribution is 2.25. The van der Waals surface area contributed by atoms with E-state index in [9.17, 15) is 0 Å². The fourth-order valence-corrected chi connectivity index (χ4v) is 2.81. The van der Waals surface area contributed by atoms with Crippen LogP contribution in [0.15, 0.2) is 23.6 Å². The van der Waals surface area contributed by atoms with Crippen molar-refractivity contribution >= 4 is 34.5 Å². The molecule has 4 heteroatoms. The van der Waals surface area contributed by atoms with Gasteiger partial charge in [0.15, 0.2) is 0 Å². The Morgan fingerprint density at radius 2 is 2.00 bits per heavy atom. The van der Waals surface area contributed by atoms with Crippen LogP contribution < -0.4 is 0 Å². The summed E-state index contributed by atoms with van der Waals surface area (Å²) in [5.41, 5.74) is 2.30. The number of rotatable bonds is 3. The third kappa shape index (κ3) is 3.21. The van der Waals surface area contributed by atoms with E-state index in [-0.39, 0.29) is 0 Å². The average Bonchev–Trinajstić information content (AvgIpc) is 2.72. The Morgan fingerprint density at radius 1 is 1.24 bits per heavy atom. The van der Waals surface area contributed by atoms with Gasteiger partial charge in [-0.2, -0.15) is 0 Å². The molecule has 1 nitrogen and oxygen atoms in total. The van der Waals surface area contributed by atoms with Crippen LogP contribution in [0, 0.1) is 0 Å². The molecule has 0 aliphatic heterocycles. The van der Waals surface area contributed by atoms with Gasteiger partial charge in [0, 0.05) is 11.8 Å². The summed E-state index contributed by atoms with van der Waals surface area (Å²) in [5, 5.41) is 4.44. The van der Waals surface area contributed by atoms with E-state index < -0.39 is 0 Å². The number of thiazole rings is 1. The third-order valence-corrected chi connectivity index (χ3v) is 4.11. The fourth-order valence-electron chi connectivity index (χ4n) is 1.50. The quantitative estimate of drug-likeness (QED) is 0.759. The van der Waals surface area contributed by atoms with Gasteiger partial charge >= 0.3 is 0 Å². The van der Waals surface area contributed by atoms with E-state index in [4.69, 9.17) is 23.2 Å². The highest BCUT2D eigenvalue weighted by molar-refractivity contribution is 7.09. The zero-order valence-corrected chi connectivity index (χ0v) is 12.0. The second-order valence-electron chi connectivity index (χ2n) is 4.25. The topological polar surface area (TPSA) is 12.9 Å². The first-order chi connectivity index (χ1) is 8.06. The Kier molecular flexibility index (Phi) is 4.08. The van der Waals surface area contributed by atoms with Gasteiger partial charge in [-0.15, -0.1) is 11.3 Å². The van der Waals surface area contributed by atoms with Gasteiger partial charge in [-0.3, -0.25) is 0 Å². The maximum Gasteiger partial charge on any atom is 0.0972 e. The third-order valence-electron chi connectivity index (χ3n) is 2.50. The monoisotopic (exact) mass is 285 g/mol. The number of halogens is 2. The minimum atomic E-state index is 0.480. The van der Waals surface area contributed by atoms with Gasteiger partial charge in [0.25, 0.3) is 0 Å². The van der Waals surface area contributed by atoms with E-state index >= 15 is 0 Å². The lowest BCUT2D eigenvalue weighted by molar-refractivity contribution is 0.825. The molecule has 0 aliphatic carbocycles. The zero-order valence-electron chi connectivity index (χ0n) is 9.71. The van der Waals surface area contributed by atoms with Crippen LogP contribution in [0.4, 0.5) is 0 Å². The summed E-state index contributed by atoms with van der Waals surface area (Å²) in [6, 6.07) is 5.72. The van der Waals surface area contributed by atoms with Crippen molar-refractivity contribution in [2.75, 3.05) is 0 Å². The molecule has 2 aromatic rings. The zero-order chi connectivity index (χ0) is 12.4. The molecule has 17 heavy (non-hydrogen) atoms. The lowest BCUT2D eigenvalue weighted by Crippen LogP contribution is -1.91. The molecule has 0 spiro atoms. The highest BCUT2D eigenvalue weighted by atomic mass is 35.5. The summed E-state index contributed by atoms with van der Waals surface area (Å²) < 4.78 is 0. The molecule has 0 aliphatic rings. The molecule has 0 unspecified atom stereocenters. The van der Waals surface area contributed by atoms with Crippen LogP contribution >= 0.6 is 34.5 Å². The average molecular weight is 286 g/mol. The lowest BCUT2D eigenvalue weighted by atomic mass is 10.1. The molecular weight excluding hydrogens is 273 g/mol. The maximum atomic E-state index is 5.99. The number of nitrogens with zero attached hydrogens (tertiary/aromatic N) is 1. The number of benzene rings is 1. The summed E-state index contributed by atoms with van der Waals surface area (Å²) in [6.45, 7) is 4.30. The van der Waals surface area contributed by atoms with Crippen molar-refractivity contribution in [3.8, 4) is 0 Å². The Balaban J connectivity index is 2.16. The predicted molar refractivity (Wildman–Crippen MR) is 75.5 cm³/mol. The molecule has 0 fully saturated rings. The van der Waals surface area contributed by atoms with Crippen molar-refractivity contribution in [2.24, 2.45) is 0 Å². The van der Waals surface area contributed by atoms with Crippen LogP contribution in [0.1, 0.15) is 36.0 Å². The van der Waals surface area contributed by atoms with Crippen LogP contribution in [0.3, 0.4) is 0 Å². The van der Waals surface area contributed by atoms with Crippen molar-refractivity contribution in [1.29, 1.82) is 0 Å². The van der Waals surface area contributed by atoms with Crippen LogP contribution in [0.2, 0.25) is 10.0 Å². The molecule has 0 amide bonds. The molecule has 0 saturated heterocycles. The van der Waals surface area contributed by atoms with Crippen LogP contribution in [-0.4, -0.2) is 4.98 Å². The van der Waals surface area contributed by atoms with Gasteiger partial charge in [-0.25, -0.2) is 4.98 Å². The van der Waals surface area contributed by atoms with Gasteiger partial charge < -0.3 is 0 Å². The molecule has 0 atom stereocenters. The second kappa shape index (κ2) is 5.38. The first kappa shape index (κ1) is 12.9. The summed E-state index contributed by atoms with van der Waals surface area (Å²) in [4.78, 5) is 4.60. The molecule has 1 heterocycles. The normalized spacial score (nSPS) is 11.1. The number of hydrogen-bond donors (Lipinski definition) is 0. The van der Waals surface area contributed by atoms with Crippen molar-refractivity contribution in [2.45, 2.75) is 26.2 Å². The summed E-state index contributed by atoms with van der Waals surface area (Å²) >= 11 is 13.6. The molecule has 1 aromatic heterocycles. The van der Waals surface area contributed by atoms with Crippen molar-refractivity contribution in [3.63, 3.8) is 0 Å². The Hall–Kier alpha value is -0.570. The van der Waals surface area contributed by atoms with E-state index in [1.807, 2.05) is 18.2 Å². The van der Waals surface area contributed by atoms with E-state index in [2.05, 4.69) is 24.2 Å². The standard InChI is InChI=1S/C13H13Cl2NS/c1-8(2)12-7-17-13(16-12)6-9-3-4-10(14)11(15)5-9/h3-5,7-8H,6H2,1-2H3. The van der Waals surface area contributed by atoms with Crippen molar-refractivity contribution in [1.82, 2.24) is 4.98 Å². The largest absolute Gasteiger partial charge is 0.246 e. The van der Waals surface area contributed by atoms with E-state index in [1.165, 1.54) is 0 Å². The van der Waals surface area contributed by atoms with E-state index in [1.54, 1.807) is 11.3 Å². The molecular formula is C13H13Cl2NS. The van der Waals surface area contributed by atoms with Crippen molar-refractivity contribution in [3.05, 3.63) is 49.9 Å². The molecule has 0 saturated carbocycles. The van der Waals surface area contributed by atoms with Gasteiger partial charge in [0.05, 0.1) is 20.7 Å². The SMILES string of the molecule is CC(C)c1csc(Cc2ccc(Cl)c(Cl)c2)n1. The predicted octanol–water partition coefficient (Wildman–Crippen LogP) is 5.16. The van der Waals surface area contributed by atoms with E-state index in [0.717, 1.165) is 22.7 Å².